The molecule has 1 aliphatic heterocycles. The van der Waals surface area contributed by atoms with Crippen molar-refractivity contribution in [3.63, 3.8) is 0 Å². The van der Waals surface area contributed by atoms with E-state index in [1.54, 1.807) is 0 Å². The van der Waals surface area contributed by atoms with Gasteiger partial charge in [0.05, 0.1) is 6.04 Å². The summed E-state index contributed by atoms with van der Waals surface area (Å²) in [5, 5.41) is 0. The quantitative estimate of drug-likeness (QED) is 0.538. The van der Waals surface area contributed by atoms with E-state index in [0.717, 1.165) is 45.2 Å². The van der Waals surface area contributed by atoms with Crippen LogP contribution < -0.4 is 5.73 Å². The summed E-state index contributed by atoms with van der Waals surface area (Å²) in [7, 11) is 4.24. The van der Waals surface area contributed by atoms with Crippen LogP contribution in [0.4, 0.5) is 0 Å². The molecule has 1 aliphatic carbocycles. The Kier molecular flexibility index (Phi) is 4.23. The SMILES string of the molecule is CN(C)CCN1CCN(C(N)=NC2CC2)CC1. The minimum absolute atomic E-state index is 0.529. The summed E-state index contributed by atoms with van der Waals surface area (Å²) in [5.74, 6) is 0.764. The Balaban J connectivity index is 1.70. The van der Waals surface area contributed by atoms with E-state index < -0.39 is 0 Å². The lowest BCUT2D eigenvalue weighted by Crippen LogP contribution is -2.52. The van der Waals surface area contributed by atoms with Crippen LogP contribution in [0.15, 0.2) is 4.99 Å². The van der Waals surface area contributed by atoms with Gasteiger partial charge in [-0.05, 0) is 26.9 Å². The molecule has 1 heterocycles. The lowest BCUT2D eigenvalue weighted by atomic mass is 10.3. The fraction of sp³-hybridized carbons (Fsp3) is 0.917. The second kappa shape index (κ2) is 5.69. The number of aliphatic imine (C=N–C) groups is 1. The summed E-state index contributed by atoms with van der Waals surface area (Å²) in [6.07, 6.45) is 2.45. The number of nitrogens with two attached hydrogens (primary N) is 1. The molecule has 1 saturated carbocycles. The van der Waals surface area contributed by atoms with Gasteiger partial charge >= 0.3 is 0 Å². The maximum Gasteiger partial charge on any atom is 0.191 e. The Morgan fingerprint density at radius 2 is 1.88 bits per heavy atom. The Bertz CT molecular complexity index is 264. The summed E-state index contributed by atoms with van der Waals surface area (Å²) in [4.78, 5) is 11.5. The molecule has 0 radical (unpaired) electrons. The highest BCUT2D eigenvalue weighted by Crippen LogP contribution is 2.23. The van der Waals surface area contributed by atoms with E-state index in [2.05, 4.69) is 33.8 Å². The molecule has 2 rings (SSSR count). The molecular formula is C12H25N5. The van der Waals surface area contributed by atoms with E-state index in [9.17, 15) is 0 Å². The van der Waals surface area contributed by atoms with Gasteiger partial charge in [0.25, 0.3) is 0 Å². The molecular weight excluding hydrogens is 214 g/mol. The molecule has 1 saturated heterocycles. The fourth-order valence-electron chi connectivity index (χ4n) is 2.01. The van der Waals surface area contributed by atoms with E-state index in [4.69, 9.17) is 5.73 Å². The largest absolute Gasteiger partial charge is 0.370 e. The highest BCUT2D eigenvalue weighted by atomic mass is 15.3. The van der Waals surface area contributed by atoms with Crippen LogP contribution in [-0.2, 0) is 0 Å². The number of rotatable bonds is 4. The molecule has 5 nitrogen and oxygen atoms in total. The van der Waals surface area contributed by atoms with Crippen LogP contribution in [0.25, 0.3) is 0 Å². The van der Waals surface area contributed by atoms with Gasteiger partial charge in [-0.15, -0.1) is 0 Å². The zero-order valence-electron chi connectivity index (χ0n) is 11.1. The molecule has 0 unspecified atom stereocenters. The fourth-order valence-corrected chi connectivity index (χ4v) is 2.01. The van der Waals surface area contributed by atoms with Crippen molar-refractivity contribution in [1.82, 2.24) is 14.7 Å². The van der Waals surface area contributed by atoms with Crippen molar-refractivity contribution < 1.29 is 0 Å². The van der Waals surface area contributed by atoms with Crippen LogP contribution >= 0.6 is 0 Å². The summed E-state index contributed by atoms with van der Waals surface area (Å²) < 4.78 is 0. The van der Waals surface area contributed by atoms with Crippen molar-refractivity contribution in [3.05, 3.63) is 0 Å². The van der Waals surface area contributed by atoms with E-state index in [1.807, 2.05) is 0 Å². The first-order chi connectivity index (χ1) is 8.15. The van der Waals surface area contributed by atoms with E-state index in [-0.39, 0.29) is 0 Å². The van der Waals surface area contributed by atoms with Gasteiger partial charge in [0, 0.05) is 39.3 Å². The number of nitrogens with zero attached hydrogens (tertiary/aromatic N) is 4. The Morgan fingerprint density at radius 1 is 1.24 bits per heavy atom. The smallest absolute Gasteiger partial charge is 0.191 e. The van der Waals surface area contributed by atoms with Gasteiger partial charge in [0.1, 0.15) is 0 Å². The molecule has 98 valence electrons. The summed E-state index contributed by atoms with van der Waals surface area (Å²) in [5.41, 5.74) is 6.01. The predicted molar refractivity (Wildman–Crippen MR) is 71.2 cm³/mol. The molecule has 17 heavy (non-hydrogen) atoms. The van der Waals surface area contributed by atoms with Gasteiger partial charge in [0.2, 0.25) is 0 Å². The lowest BCUT2D eigenvalue weighted by Gasteiger charge is -2.35. The van der Waals surface area contributed by atoms with E-state index in [1.165, 1.54) is 12.8 Å². The molecule has 2 N–H and O–H groups in total. The average molecular weight is 239 g/mol. The van der Waals surface area contributed by atoms with Crippen molar-refractivity contribution in [1.29, 1.82) is 0 Å². The van der Waals surface area contributed by atoms with Crippen LogP contribution in [0.3, 0.4) is 0 Å². The monoisotopic (exact) mass is 239 g/mol. The number of likely N-dealkylation sites (N-methyl/N-ethyl adjacent to an activating group) is 1. The standard InChI is InChI=1S/C12H25N5/c1-15(2)5-6-16-7-9-17(10-8-16)12(13)14-11-3-4-11/h11H,3-10H2,1-2H3,(H2,13,14). The second-order valence-electron chi connectivity index (χ2n) is 5.35. The van der Waals surface area contributed by atoms with Crippen LogP contribution in [0.1, 0.15) is 12.8 Å². The van der Waals surface area contributed by atoms with E-state index >= 15 is 0 Å². The minimum atomic E-state index is 0.529. The van der Waals surface area contributed by atoms with Crippen LogP contribution in [-0.4, -0.2) is 80.1 Å². The van der Waals surface area contributed by atoms with Gasteiger partial charge in [-0.3, -0.25) is 4.90 Å². The topological polar surface area (TPSA) is 48.1 Å². The minimum Gasteiger partial charge on any atom is -0.370 e. The first-order valence-electron chi connectivity index (χ1n) is 6.60. The number of guanidine groups is 1. The number of piperazine rings is 1. The molecule has 2 fully saturated rings. The van der Waals surface area contributed by atoms with Gasteiger partial charge in [0.15, 0.2) is 5.96 Å². The molecule has 2 aliphatic rings. The van der Waals surface area contributed by atoms with Gasteiger partial charge in [-0.25, -0.2) is 4.99 Å². The Morgan fingerprint density at radius 3 is 2.41 bits per heavy atom. The zero-order valence-corrected chi connectivity index (χ0v) is 11.1. The van der Waals surface area contributed by atoms with Crippen molar-refractivity contribution in [2.45, 2.75) is 18.9 Å². The molecule has 0 atom stereocenters. The average Bonchev–Trinajstić information content (AvgIpc) is 3.11. The van der Waals surface area contributed by atoms with Crippen LogP contribution in [0.5, 0.6) is 0 Å². The summed E-state index contributed by atoms with van der Waals surface area (Å²) in [6.45, 7) is 6.54. The van der Waals surface area contributed by atoms with Crippen molar-refractivity contribution in [2.24, 2.45) is 10.7 Å². The number of hydrogen-bond acceptors (Lipinski definition) is 3. The first kappa shape index (κ1) is 12.6. The van der Waals surface area contributed by atoms with Crippen LogP contribution in [0, 0.1) is 0 Å². The zero-order chi connectivity index (χ0) is 12.3. The first-order valence-corrected chi connectivity index (χ1v) is 6.60. The third-order valence-electron chi connectivity index (χ3n) is 3.42. The Hall–Kier alpha value is -0.810. The van der Waals surface area contributed by atoms with Gasteiger partial charge < -0.3 is 15.5 Å². The van der Waals surface area contributed by atoms with Crippen molar-refractivity contribution in [2.75, 3.05) is 53.4 Å². The van der Waals surface area contributed by atoms with Gasteiger partial charge in [-0.1, -0.05) is 0 Å². The maximum atomic E-state index is 6.01. The molecule has 0 bridgehead atoms. The van der Waals surface area contributed by atoms with Crippen LogP contribution in [0.2, 0.25) is 0 Å². The molecule has 0 amide bonds. The third kappa shape index (κ3) is 4.16. The molecule has 0 aromatic rings. The number of hydrogen-bond donors (Lipinski definition) is 1. The maximum absolute atomic E-state index is 6.01. The molecule has 0 spiro atoms. The van der Waals surface area contributed by atoms with Crippen molar-refractivity contribution >= 4 is 5.96 Å². The second-order valence-corrected chi connectivity index (χ2v) is 5.35. The van der Waals surface area contributed by atoms with Crippen molar-refractivity contribution in [3.8, 4) is 0 Å². The highest BCUT2D eigenvalue weighted by molar-refractivity contribution is 5.78. The van der Waals surface area contributed by atoms with Gasteiger partial charge in [-0.2, -0.15) is 0 Å². The molecule has 0 aromatic heterocycles. The summed E-state index contributed by atoms with van der Waals surface area (Å²) >= 11 is 0. The highest BCUT2D eigenvalue weighted by Gasteiger charge is 2.23. The Labute approximate surface area is 104 Å². The lowest BCUT2D eigenvalue weighted by molar-refractivity contribution is 0.168. The predicted octanol–water partition coefficient (Wildman–Crippen LogP) is -0.357. The van der Waals surface area contributed by atoms with E-state index in [0.29, 0.717) is 6.04 Å². The molecule has 0 aromatic carbocycles. The third-order valence-corrected chi connectivity index (χ3v) is 3.42. The summed E-state index contributed by atoms with van der Waals surface area (Å²) in [6, 6.07) is 0.529. The normalized spacial score (nSPS) is 23.5. The molecule has 5 heteroatoms.